The minimum Gasteiger partial charge on any atom is -0.327 e. The topological polar surface area (TPSA) is 84.6 Å². The molecule has 162 valence electrons. The van der Waals surface area contributed by atoms with Gasteiger partial charge >= 0.3 is 0 Å². The number of para-hydroxylation sites is 1. The Labute approximate surface area is 181 Å². The summed E-state index contributed by atoms with van der Waals surface area (Å²) >= 11 is 0. The van der Waals surface area contributed by atoms with Gasteiger partial charge in [0.1, 0.15) is 5.52 Å². The number of piperazine rings is 1. The number of fused-ring (bicyclic) bond motifs is 1. The fraction of sp³-hybridized carbons (Fsp3) is 0.391. The maximum absolute atomic E-state index is 12.9. The Bertz CT molecular complexity index is 1080. The van der Waals surface area contributed by atoms with E-state index in [1.807, 2.05) is 59.0 Å². The maximum atomic E-state index is 12.9. The third-order valence-corrected chi connectivity index (χ3v) is 5.90. The second kappa shape index (κ2) is 9.26. The number of hydrogen-bond acceptors (Lipinski definition) is 4. The van der Waals surface area contributed by atoms with Crippen LogP contribution >= 0.6 is 0 Å². The highest BCUT2D eigenvalue weighted by atomic mass is 16.2. The zero-order valence-corrected chi connectivity index (χ0v) is 18.1. The van der Waals surface area contributed by atoms with Gasteiger partial charge in [-0.1, -0.05) is 30.3 Å². The van der Waals surface area contributed by atoms with Crippen LogP contribution in [0.2, 0.25) is 0 Å². The van der Waals surface area contributed by atoms with Gasteiger partial charge in [-0.3, -0.25) is 9.59 Å². The van der Waals surface area contributed by atoms with E-state index in [0.717, 1.165) is 48.3 Å². The van der Waals surface area contributed by atoms with E-state index in [9.17, 15) is 9.59 Å². The lowest BCUT2D eigenvalue weighted by Gasteiger charge is -2.32. The van der Waals surface area contributed by atoms with Crippen molar-refractivity contribution in [1.82, 2.24) is 19.9 Å². The van der Waals surface area contributed by atoms with E-state index in [1.54, 1.807) is 0 Å². The largest absolute Gasteiger partial charge is 0.327 e. The van der Waals surface area contributed by atoms with Crippen molar-refractivity contribution in [2.75, 3.05) is 38.0 Å². The zero-order chi connectivity index (χ0) is 21.8. The molecule has 0 bridgehead atoms. The van der Waals surface area contributed by atoms with Gasteiger partial charge in [-0.25, -0.2) is 4.68 Å². The zero-order valence-electron chi connectivity index (χ0n) is 18.1. The smallest absolute Gasteiger partial charge is 0.279 e. The molecule has 2 aromatic carbocycles. The predicted octanol–water partition coefficient (Wildman–Crippen LogP) is 0.993. The molecule has 0 radical (unpaired) electrons. The highest BCUT2D eigenvalue weighted by Crippen LogP contribution is 2.16. The van der Waals surface area contributed by atoms with Crippen molar-refractivity contribution >= 4 is 28.5 Å². The average Bonchev–Trinajstić information content (AvgIpc) is 3.22. The Balaban J connectivity index is 1.32. The number of anilines is 1. The molecule has 3 aromatic rings. The standard InChI is InChI=1S/C23H28N6O2/c1-3-17-7-5-6-8-19(17)24-22(30)16-27-11-13-28(14-12-27)23(31)18-9-10-21-20(15-18)25-26-29(21)4-2/h5-10,15H,3-4,11-14,16H2,1-2H3,(H,24,30)/p+1. The van der Waals surface area contributed by atoms with Crippen LogP contribution in [0, 0.1) is 0 Å². The minimum absolute atomic E-state index is 0.00771. The molecule has 1 aliphatic rings. The molecule has 2 amide bonds. The number of benzene rings is 2. The van der Waals surface area contributed by atoms with Crippen LogP contribution in [0.1, 0.15) is 29.8 Å². The molecule has 2 N–H and O–H groups in total. The molecule has 8 heteroatoms. The minimum atomic E-state index is 0.00771. The second-order valence-electron chi connectivity index (χ2n) is 7.89. The fourth-order valence-corrected chi connectivity index (χ4v) is 4.10. The van der Waals surface area contributed by atoms with E-state index in [4.69, 9.17) is 0 Å². The van der Waals surface area contributed by atoms with Crippen LogP contribution in [0.25, 0.3) is 11.0 Å². The molecule has 0 saturated carbocycles. The van der Waals surface area contributed by atoms with Gasteiger partial charge in [-0.2, -0.15) is 0 Å². The van der Waals surface area contributed by atoms with Crippen molar-refractivity contribution in [1.29, 1.82) is 0 Å². The molecule has 0 unspecified atom stereocenters. The molecule has 1 aromatic heterocycles. The van der Waals surface area contributed by atoms with Crippen LogP contribution in [0.15, 0.2) is 42.5 Å². The Morgan fingerprint density at radius 3 is 2.61 bits per heavy atom. The van der Waals surface area contributed by atoms with Crippen molar-refractivity contribution in [3.63, 3.8) is 0 Å². The number of amides is 2. The Morgan fingerprint density at radius 2 is 1.87 bits per heavy atom. The van der Waals surface area contributed by atoms with Crippen molar-refractivity contribution in [3.05, 3.63) is 53.6 Å². The van der Waals surface area contributed by atoms with E-state index < -0.39 is 0 Å². The molecule has 31 heavy (non-hydrogen) atoms. The summed E-state index contributed by atoms with van der Waals surface area (Å²) in [6.45, 7) is 8.01. The summed E-state index contributed by atoms with van der Waals surface area (Å²) in [7, 11) is 0. The maximum Gasteiger partial charge on any atom is 0.279 e. The highest BCUT2D eigenvalue weighted by molar-refractivity contribution is 5.97. The Kier molecular flexibility index (Phi) is 6.27. The van der Waals surface area contributed by atoms with Crippen molar-refractivity contribution < 1.29 is 14.5 Å². The van der Waals surface area contributed by atoms with Crippen LogP contribution < -0.4 is 10.2 Å². The molecule has 4 rings (SSSR count). The van der Waals surface area contributed by atoms with Crippen LogP contribution in [0.3, 0.4) is 0 Å². The van der Waals surface area contributed by atoms with Crippen LogP contribution in [-0.4, -0.2) is 64.4 Å². The summed E-state index contributed by atoms with van der Waals surface area (Å²) in [6.07, 6.45) is 0.880. The molecule has 2 heterocycles. The number of nitrogens with one attached hydrogen (secondary N) is 2. The molecule has 0 aliphatic carbocycles. The van der Waals surface area contributed by atoms with Crippen molar-refractivity contribution in [3.8, 4) is 0 Å². The van der Waals surface area contributed by atoms with Gasteiger partial charge in [0.2, 0.25) is 0 Å². The first-order chi connectivity index (χ1) is 15.1. The van der Waals surface area contributed by atoms with Crippen molar-refractivity contribution in [2.45, 2.75) is 26.8 Å². The molecule has 1 aliphatic heterocycles. The second-order valence-corrected chi connectivity index (χ2v) is 7.89. The van der Waals surface area contributed by atoms with Crippen LogP contribution in [0.5, 0.6) is 0 Å². The summed E-state index contributed by atoms with van der Waals surface area (Å²) in [6, 6.07) is 13.5. The number of carbonyl (C=O) groups is 2. The summed E-state index contributed by atoms with van der Waals surface area (Å²) in [5.41, 5.74) is 4.33. The average molecular weight is 422 g/mol. The van der Waals surface area contributed by atoms with E-state index >= 15 is 0 Å². The van der Waals surface area contributed by atoms with Gasteiger partial charge in [-0.15, -0.1) is 5.10 Å². The quantitative estimate of drug-likeness (QED) is 0.622. The lowest BCUT2D eigenvalue weighted by molar-refractivity contribution is -0.895. The third kappa shape index (κ3) is 4.59. The van der Waals surface area contributed by atoms with Gasteiger partial charge in [0.05, 0.1) is 31.7 Å². The van der Waals surface area contributed by atoms with Gasteiger partial charge in [0.25, 0.3) is 11.8 Å². The van der Waals surface area contributed by atoms with Crippen molar-refractivity contribution in [2.24, 2.45) is 0 Å². The van der Waals surface area contributed by atoms with Gasteiger partial charge in [0.15, 0.2) is 6.54 Å². The number of rotatable bonds is 6. The van der Waals surface area contributed by atoms with Gasteiger partial charge < -0.3 is 15.1 Å². The third-order valence-electron chi connectivity index (χ3n) is 5.90. The van der Waals surface area contributed by atoms with E-state index in [2.05, 4.69) is 22.6 Å². The molecular weight excluding hydrogens is 392 g/mol. The first kappa shape index (κ1) is 21.0. The Morgan fingerprint density at radius 1 is 1.10 bits per heavy atom. The summed E-state index contributed by atoms with van der Waals surface area (Å²) < 4.78 is 1.82. The molecular formula is C23H29N6O2+. The van der Waals surface area contributed by atoms with Crippen LogP contribution in [0.4, 0.5) is 5.69 Å². The first-order valence-electron chi connectivity index (χ1n) is 10.9. The Hall–Kier alpha value is -3.26. The number of aryl methyl sites for hydroxylation is 2. The molecule has 0 spiro atoms. The van der Waals surface area contributed by atoms with E-state index in [0.29, 0.717) is 25.2 Å². The fourth-order valence-electron chi connectivity index (χ4n) is 4.10. The number of hydrogen-bond donors (Lipinski definition) is 2. The number of carbonyl (C=O) groups excluding carboxylic acids is 2. The molecule has 8 nitrogen and oxygen atoms in total. The molecule has 1 saturated heterocycles. The lowest BCUT2D eigenvalue weighted by atomic mass is 10.1. The highest BCUT2D eigenvalue weighted by Gasteiger charge is 2.26. The van der Waals surface area contributed by atoms with E-state index in [1.165, 1.54) is 4.90 Å². The summed E-state index contributed by atoms with van der Waals surface area (Å²) in [4.78, 5) is 28.5. The lowest BCUT2D eigenvalue weighted by Crippen LogP contribution is -3.15. The summed E-state index contributed by atoms with van der Waals surface area (Å²) in [5.74, 6) is 0.0217. The van der Waals surface area contributed by atoms with Gasteiger partial charge in [-0.05, 0) is 43.2 Å². The molecule has 1 fully saturated rings. The SMILES string of the molecule is CCc1ccccc1NC(=O)C[NH+]1CCN(C(=O)c2ccc3c(c2)nnn3CC)CC1. The number of aromatic nitrogens is 3. The van der Waals surface area contributed by atoms with E-state index in [-0.39, 0.29) is 11.8 Å². The van der Waals surface area contributed by atoms with Crippen LogP contribution in [-0.2, 0) is 17.8 Å². The van der Waals surface area contributed by atoms with Gasteiger partial charge in [0, 0.05) is 17.8 Å². The summed E-state index contributed by atoms with van der Waals surface area (Å²) in [5, 5.41) is 11.3. The first-order valence-corrected chi connectivity index (χ1v) is 10.9. The normalized spacial score (nSPS) is 14.7. The number of nitrogens with zero attached hydrogens (tertiary/aromatic N) is 4. The molecule has 0 atom stereocenters. The predicted molar refractivity (Wildman–Crippen MR) is 119 cm³/mol. The number of quaternary nitrogens is 1. The monoisotopic (exact) mass is 421 g/mol.